The molecule has 0 aromatic rings. The molecule has 0 fully saturated rings. The fourth-order valence-corrected chi connectivity index (χ4v) is 13.6. The first-order chi connectivity index (χ1) is 46.9. The summed E-state index contributed by atoms with van der Waals surface area (Å²) in [5.41, 5.74) is 0. The molecular weight excluding hydrogens is 1270 g/mol. The molecule has 0 amide bonds. The molecule has 2 unspecified atom stereocenters. The predicted octanol–water partition coefficient (Wildman–Crippen LogP) is 23.1. The summed E-state index contributed by atoms with van der Waals surface area (Å²) < 4.78 is 68.6. The van der Waals surface area contributed by atoms with Crippen LogP contribution in [0.5, 0.6) is 0 Å². The number of ether oxygens (including phenoxy) is 4. The normalized spacial score (nSPS) is 14.0. The van der Waals surface area contributed by atoms with Crippen molar-refractivity contribution in [3.8, 4) is 0 Å². The van der Waals surface area contributed by atoms with Crippen molar-refractivity contribution in [2.24, 2.45) is 11.8 Å². The van der Waals surface area contributed by atoms with E-state index in [1.165, 1.54) is 218 Å². The molecule has 97 heavy (non-hydrogen) atoms. The molecule has 0 aromatic carbocycles. The van der Waals surface area contributed by atoms with Gasteiger partial charge in [-0.1, -0.05) is 356 Å². The van der Waals surface area contributed by atoms with Gasteiger partial charge in [-0.25, -0.2) is 9.13 Å². The lowest BCUT2D eigenvalue weighted by atomic mass is 10.0. The summed E-state index contributed by atoms with van der Waals surface area (Å²) in [5, 5.41) is 10.6. The van der Waals surface area contributed by atoms with Crippen molar-refractivity contribution in [2.45, 2.75) is 426 Å². The molecule has 0 radical (unpaired) electrons. The van der Waals surface area contributed by atoms with Crippen LogP contribution in [0.15, 0.2) is 0 Å². The lowest BCUT2D eigenvalue weighted by molar-refractivity contribution is -0.161. The van der Waals surface area contributed by atoms with Crippen LogP contribution in [0.25, 0.3) is 0 Å². The lowest BCUT2D eigenvalue weighted by Gasteiger charge is -2.21. The molecule has 17 nitrogen and oxygen atoms in total. The predicted molar refractivity (Wildman–Crippen MR) is 395 cm³/mol. The molecule has 0 heterocycles. The van der Waals surface area contributed by atoms with E-state index in [0.29, 0.717) is 31.6 Å². The third-order valence-electron chi connectivity index (χ3n) is 18.2. The van der Waals surface area contributed by atoms with Crippen LogP contribution in [-0.4, -0.2) is 96.7 Å². The maximum Gasteiger partial charge on any atom is 0.472 e. The van der Waals surface area contributed by atoms with Gasteiger partial charge in [-0.2, -0.15) is 0 Å². The van der Waals surface area contributed by atoms with E-state index in [-0.39, 0.29) is 25.7 Å². The zero-order valence-electron chi connectivity index (χ0n) is 63.4. The fraction of sp³-hybridized carbons (Fsp3) is 0.949. The van der Waals surface area contributed by atoms with Gasteiger partial charge >= 0.3 is 39.5 Å². The van der Waals surface area contributed by atoms with Gasteiger partial charge in [-0.05, 0) is 37.5 Å². The van der Waals surface area contributed by atoms with Crippen LogP contribution in [-0.2, 0) is 65.4 Å². The van der Waals surface area contributed by atoms with Crippen molar-refractivity contribution < 1.29 is 80.2 Å². The molecule has 19 heteroatoms. The van der Waals surface area contributed by atoms with E-state index >= 15 is 0 Å². The Morgan fingerprint density at radius 2 is 0.474 bits per heavy atom. The van der Waals surface area contributed by atoms with Gasteiger partial charge in [0.25, 0.3) is 0 Å². The van der Waals surface area contributed by atoms with Gasteiger partial charge < -0.3 is 33.8 Å². The van der Waals surface area contributed by atoms with Crippen molar-refractivity contribution in [2.75, 3.05) is 39.6 Å². The Labute approximate surface area is 594 Å². The quantitative estimate of drug-likeness (QED) is 0.0222. The van der Waals surface area contributed by atoms with E-state index in [0.717, 1.165) is 102 Å². The largest absolute Gasteiger partial charge is 0.472 e. The van der Waals surface area contributed by atoms with Crippen LogP contribution in [0.2, 0.25) is 0 Å². The Kier molecular flexibility index (Phi) is 68.4. The second-order valence-corrected chi connectivity index (χ2v) is 32.0. The highest BCUT2D eigenvalue weighted by atomic mass is 31.2. The SMILES string of the molecule is CCCCCCCCCCCCCCCCCCCCC(=O)OC[C@H](COP(=O)(O)OC[C@@H](O)COP(=O)(O)OC[C@@H](COC(=O)CCCCCCCCC(C)C)OC(=O)CCCCCCCCCCCC(C)C)OC(=O)CCCCCCCCCCCCCCCCCCCC. The fourth-order valence-electron chi connectivity index (χ4n) is 12.0. The van der Waals surface area contributed by atoms with Crippen molar-refractivity contribution in [1.29, 1.82) is 0 Å². The molecule has 0 aliphatic carbocycles. The molecule has 0 aliphatic heterocycles. The van der Waals surface area contributed by atoms with Gasteiger partial charge in [0.2, 0.25) is 0 Å². The summed E-state index contributed by atoms with van der Waals surface area (Å²) in [6, 6.07) is 0. The number of carbonyl (C=O) groups is 4. The molecule has 0 saturated heterocycles. The molecule has 0 saturated carbocycles. The zero-order valence-corrected chi connectivity index (χ0v) is 65.2. The molecular formula is C78H152O17P2. The van der Waals surface area contributed by atoms with Crippen molar-refractivity contribution >= 4 is 39.5 Å². The van der Waals surface area contributed by atoms with E-state index in [2.05, 4.69) is 41.5 Å². The van der Waals surface area contributed by atoms with Gasteiger partial charge in [-0.15, -0.1) is 0 Å². The van der Waals surface area contributed by atoms with E-state index in [1.807, 2.05) is 0 Å². The molecule has 0 spiro atoms. The molecule has 0 aliphatic rings. The third-order valence-corrected chi connectivity index (χ3v) is 20.1. The number of rotatable bonds is 77. The van der Waals surface area contributed by atoms with Crippen LogP contribution in [0, 0.1) is 11.8 Å². The molecule has 0 bridgehead atoms. The topological polar surface area (TPSA) is 237 Å². The average molecular weight is 1420 g/mol. The standard InChI is InChI=1S/C78H152O17P2/c1-7-9-11-13-15-17-19-21-23-25-27-29-31-33-37-41-48-54-60-75(80)88-66-73(94-77(82)62-56-50-42-38-34-32-30-28-26-24-22-20-18-16-14-12-10-8-2)68-92-96(84,85)90-64-72(79)65-91-97(86,87)93-69-74(67-89-76(81)61-55-49-45-44-47-53-59-71(5)6)95-78(83)63-57-51-43-39-35-36-40-46-52-58-70(3)4/h70-74,79H,7-69H2,1-6H3,(H,84,85)(H,86,87)/t72-,73-,74-/m1/s1. The van der Waals surface area contributed by atoms with Crippen LogP contribution in [0.4, 0.5) is 0 Å². The number of unbranched alkanes of at least 4 members (excludes halogenated alkanes) is 47. The van der Waals surface area contributed by atoms with Gasteiger partial charge in [0, 0.05) is 25.7 Å². The lowest BCUT2D eigenvalue weighted by Crippen LogP contribution is -2.30. The third kappa shape index (κ3) is 72.2. The van der Waals surface area contributed by atoms with Gasteiger partial charge in [0.15, 0.2) is 12.2 Å². The van der Waals surface area contributed by atoms with E-state index in [1.54, 1.807) is 0 Å². The molecule has 5 atom stereocenters. The smallest absolute Gasteiger partial charge is 0.462 e. The molecule has 3 N–H and O–H groups in total. The number of aliphatic hydroxyl groups is 1. The number of hydrogen-bond donors (Lipinski definition) is 3. The first kappa shape index (κ1) is 95.1. The number of phosphoric ester groups is 2. The number of esters is 4. The summed E-state index contributed by atoms with van der Waals surface area (Å²) in [4.78, 5) is 72.8. The van der Waals surface area contributed by atoms with Crippen LogP contribution in [0.3, 0.4) is 0 Å². The number of aliphatic hydroxyl groups excluding tert-OH is 1. The second kappa shape index (κ2) is 69.8. The maximum absolute atomic E-state index is 13.1. The summed E-state index contributed by atoms with van der Waals surface area (Å²) in [7, 11) is -9.91. The average Bonchev–Trinajstić information content (AvgIpc) is 1.43. The highest BCUT2D eigenvalue weighted by molar-refractivity contribution is 7.47. The number of carbonyl (C=O) groups excluding carboxylic acids is 4. The number of hydrogen-bond acceptors (Lipinski definition) is 15. The summed E-state index contributed by atoms with van der Waals surface area (Å²) in [6.45, 7) is 9.50. The minimum Gasteiger partial charge on any atom is -0.462 e. The Balaban J connectivity index is 5.22. The van der Waals surface area contributed by atoms with Gasteiger partial charge in [0.1, 0.15) is 19.3 Å². The van der Waals surface area contributed by atoms with Crippen molar-refractivity contribution in [1.82, 2.24) is 0 Å². The minimum absolute atomic E-state index is 0.104. The Morgan fingerprint density at radius 3 is 0.701 bits per heavy atom. The Hall–Kier alpha value is -1.94. The maximum atomic E-state index is 13.1. The first-order valence-electron chi connectivity index (χ1n) is 40.5. The molecule has 576 valence electrons. The number of phosphoric acid groups is 2. The Bertz CT molecular complexity index is 1870. The highest BCUT2D eigenvalue weighted by Gasteiger charge is 2.30. The van der Waals surface area contributed by atoms with Gasteiger partial charge in [-0.3, -0.25) is 37.3 Å². The van der Waals surface area contributed by atoms with E-state index < -0.39 is 97.5 Å². The van der Waals surface area contributed by atoms with E-state index in [4.69, 9.17) is 37.0 Å². The van der Waals surface area contributed by atoms with Crippen LogP contribution in [0.1, 0.15) is 408 Å². The summed E-state index contributed by atoms with van der Waals surface area (Å²) >= 11 is 0. The van der Waals surface area contributed by atoms with Crippen molar-refractivity contribution in [3.63, 3.8) is 0 Å². The van der Waals surface area contributed by atoms with Gasteiger partial charge in [0.05, 0.1) is 26.4 Å². The monoisotopic (exact) mass is 1420 g/mol. The zero-order chi connectivity index (χ0) is 71.4. The summed E-state index contributed by atoms with van der Waals surface area (Å²) in [5.74, 6) is -0.700. The van der Waals surface area contributed by atoms with Crippen molar-refractivity contribution in [3.05, 3.63) is 0 Å². The van der Waals surface area contributed by atoms with Crippen LogP contribution >= 0.6 is 15.6 Å². The van der Waals surface area contributed by atoms with Crippen LogP contribution < -0.4 is 0 Å². The van der Waals surface area contributed by atoms with E-state index in [9.17, 15) is 43.2 Å². The first-order valence-corrected chi connectivity index (χ1v) is 43.5. The molecule has 0 rings (SSSR count). The Morgan fingerprint density at radius 1 is 0.278 bits per heavy atom. The second-order valence-electron chi connectivity index (χ2n) is 29.1. The highest BCUT2D eigenvalue weighted by Crippen LogP contribution is 2.45. The molecule has 0 aromatic heterocycles. The summed E-state index contributed by atoms with van der Waals surface area (Å²) in [6.07, 6.45) is 58.5. The minimum atomic E-state index is -4.96.